The molecule has 0 saturated carbocycles. The van der Waals surface area contributed by atoms with E-state index < -0.39 is 15.6 Å². The molecule has 0 amide bonds. The van der Waals surface area contributed by atoms with Crippen molar-refractivity contribution in [1.82, 2.24) is 14.9 Å². The predicted octanol–water partition coefficient (Wildman–Crippen LogP) is 1.31. The Balaban J connectivity index is 2.78. The normalized spacial score (nSPS) is 14.8. The maximum absolute atomic E-state index is 11.3. The Morgan fingerprint density at radius 2 is 2.18 bits per heavy atom. The van der Waals surface area contributed by atoms with Crippen LogP contribution in [0.15, 0.2) is 12.3 Å². The smallest absolute Gasteiger partial charge is 0.209 e. The van der Waals surface area contributed by atoms with E-state index >= 15 is 0 Å². The van der Waals surface area contributed by atoms with Gasteiger partial charge >= 0.3 is 0 Å². The highest BCUT2D eigenvalue weighted by Gasteiger charge is 2.31. The molecule has 1 aromatic heterocycles. The number of aromatic amines is 1. The lowest BCUT2D eigenvalue weighted by atomic mass is 9.83. The summed E-state index contributed by atoms with van der Waals surface area (Å²) in [5.74, 6) is 0.220. The maximum atomic E-state index is 11.3. The van der Waals surface area contributed by atoms with Crippen molar-refractivity contribution in [2.75, 3.05) is 6.26 Å². The molecule has 0 radical (unpaired) electrons. The summed E-state index contributed by atoms with van der Waals surface area (Å²) in [7, 11) is -3.19. The Kier molecular flexibility index (Phi) is 4.32. The van der Waals surface area contributed by atoms with Crippen molar-refractivity contribution in [3.63, 3.8) is 0 Å². The van der Waals surface area contributed by atoms with E-state index in [1.54, 1.807) is 6.20 Å². The highest BCUT2D eigenvalue weighted by molar-refractivity contribution is 7.88. The van der Waals surface area contributed by atoms with Crippen LogP contribution >= 0.6 is 0 Å². The van der Waals surface area contributed by atoms with Crippen LogP contribution in [0.3, 0.4) is 0 Å². The first-order valence-electron chi connectivity index (χ1n) is 5.72. The summed E-state index contributed by atoms with van der Waals surface area (Å²) < 4.78 is 25.4. The Labute approximate surface area is 103 Å². The Hall–Kier alpha value is -0.880. The molecular formula is C11H21N3O2S. The number of hydrogen-bond donors (Lipinski definition) is 2. The molecule has 0 fully saturated rings. The molecule has 0 saturated heterocycles. The van der Waals surface area contributed by atoms with Crippen molar-refractivity contribution in [1.29, 1.82) is 0 Å². The van der Waals surface area contributed by atoms with E-state index in [1.807, 2.05) is 19.9 Å². The summed E-state index contributed by atoms with van der Waals surface area (Å²) in [6, 6.07) is 1.92. The first-order valence-corrected chi connectivity index (χ1v) is 7.61. The minimum absolute atomic E-state index is 0.220. The number of H-pyrrole nitrogens is 1. The van der Waals surface area contributed by atoms with Gasteiger partial charge in [0.05, 0.1) is 6.26 Å². The molecule has 0 aromatic carbocycles. The molecule has 98 valence electrons. The lowest BCUT2D eigenvalue weighted by Gasteiger charge is -2.33. The molecule has 5 nitrogen and oxygen atoms in total. The second kappa shape index (κ2) is 5.18. The quantitative estimate of drug-likeness (QED) is 0.808. The molecule has 0 aliphatic carbocycles. The van der Waals surface area contributed by atoms with Crippen LogP contribution < -0.4 is 4.72 Å². The summed E-state index contributed by atoms with van der Waals surface area (Å²) in [4.78, 5) is 0. The van der Waals surface area contributed by atoms with Gasteiger partial charge in [0, 0.05) is 17.4 Å². The van der Waals surface area contributed by atoms with Crippen LogP contribution in [-0.4, -0.2) is 30.4 Å². The molecule has 17 heavy (non-hydrogen) atoms. The molecule has 0 bridgehead atoms. The molecular weight excluding hydrogens is 238 g/mol. The first kappa shape index (κ1) is 14.2. The SMILES string of the molecule is CCC(Cc1ccn[nH]1)C(C)(C)NS(C)(=O)=O. The van der Waals surface area contributed by atoms with Crippen molar-refractivity contribution in [2.24, 2.45) is 5.92 Å². The van der Waals surface area contributed by atoms with Gasteiger partial charge in [-0.15, -0.1) is 0 Å². The van der Waals surface area contributed by atoms with Crippen molar-refractivity contribution in [2.45, 2.75) is 39.2 Å². The second-order valence-electron chi connectivity index (χ2n) is 4.99. The highest BCUT2D eigenvalue weighted by Crippen LogP contribution is 2.24. The zero-order valence-corrected chi connectivity index (χ0v) is 11.6. The minimum atomic E-state index is -3.19. The van der Waals surface area contributed by atoms with E-state index in [0.29, 0.717) is 0 Å². The molecule has 1 aromatic rings. The van der Waals surface area contributed by atoms with E-state index in [0.717, 1.165) is 18.5 Å². The molecule has 0 aliphatic heterocycles. The zero-order chi connectivity index (χ0) is 13.1. The lowest BCUT2D eigenvalue weighted by Crippen LogP contribution is -2.49. The van der Waals surface area contributed by atoms with Crippen molar-refractivity contribution >= 4 is 10.0 Å². The minimum Gasteiger partial charge on any atom is -0.283 e. The summed E-state index contributed by atoms with van der Waals surface area (Å²) in [6.07, 6.45) is 4.58. The molecule has 0 spiro atoms. The second-order valence-corrected chi connectivity index (χ2v) is 6.74. The Morgan fingerprint density at radius 1 is 1.53 bits per heavy atom. The van der Waals surface area contributed by atoms with Crippen LogP contribution in [0.1, 0.15) is 32.9 Å². The van der Waals surface area contributed by atoms with Crippen LogP contribution in [0.5, 0.6) is 0 Å². The van der Waals surface area contributed by atoms with E-state index in [9.17, 15) is 8.42 Å². The average molecular weight is 259 g/mol. The van der Waals surface area contributed by atoms with Crippen molar-refractivity contribution < 1.29 is 8.42 Å². The Bertz CT molecular complexity index is 437. The number of nitrogens with one attached hydrogen (secondary N) is 2. The number of rotatable bonds is 6. The van der Waals surface area contributed by atoms with Crippen LogP contribution in [0, 0.1) is 5.92 Å². The molecule has 1 rings (SSSR count). The van der Waals surface area contributed by atoms with Gasteiger partial charge < -0.3 is 0 Å². The fraction of sp³-hybridized carbons (Fsp3) is 0.727. The van der Waals surface area contributed by atoms with Crippen LogP contribution in [0.25, 0.3) is 0 Å². The first-order chi connectivity index (χ1) is 7.74. The van der Waals surface area contributed by atoms with Crippen LogP contribution in [0.4, 0.5) is 0 Å². The van der Waals surface area contributed by atoms with Gasteiger partial charge in [-0.1, -0.05) is 13.3 Å². The lowest BCUT2D eigenvalue weighted by molar-refractivity contribution is 0.280. The Morgan fingerprint density at radius 3 is 2.59 bits per heavy atom. The number of nitrogens with zero attached hydrogens (tertiary/aromatic N) is 1. The van der Waals surface area contributed by atoms with E-state index in [1.165, 1.54) is 6.26 Å². The third-order valence-corrected chi connectivity index (χ3v) is 3.88. The maximum Gasteiger partial charge on any atom is 0.209 e. The summed E-state index contributed by atoms with van der Waals surface area (Å²) in [5, 5.41) is 6.81. The monoisotopic (exact) mass is 259 g/mol. The van der Waals surface area contributed by atoms with Crippen LogP contribution in [-0.2, 0) is 16.4 Å². The largest absolute Gasteiger partial charge is 0.283 e. The van der Waals surface area contributed by atoms with Gasteiger partial charge in [0.25, 0.3) is 0 Å². The molecule has 1 atom stereocenters. The van der Waals surface area contributed by atoms with Gasteiger partial charge in [-0.2, -0.15) is 5.10 Å². The molecule has 0 aliphatic rings. The summed E-state index contributed by atoms with van der Waals surface area (Å²) in [5.41, 5.74) is 0.563. The van der Waals surface area contributed by atoms with Gasteiger partial charge in [0.15, 0.2) is 0 Å². The molecule has 1 heterocycles. The van der Waals surface area contributed by atoms with Gasteiger partial charge in [0.2, 0.25) is 10.0 Å². The highest BCUT2D eigenvalue weighted by atomic mass is 32.2. The fourth-order valence-electron chi connectivity index (χ4n) is 2.13. The molecule has 1 unspecified atom stereocenters. The van der Waals surface area contributed by atoms with Gasteiger partial charge in [0.1, 0.15) is 0 Å². The topological polar surface area (TPSA) is 74.8 Å². The third-order valence-electron chi connectivity index (χ3n) is 2.99. The van der Waals surface area contributed by atoms with E-state index in [4.69, 9.17) is 0 Å². The molecule has 2 N–H and O–H groups in total. The van der Waals surface area contributed by atoms with E-state index in [2.05, 4.69) is 21.8 Å². The average Bonchev–Trinajstić information content (AvgIpc) is 2.61. The van der Waals surface area contributed by atoms with Crippen molar-refractivity contribution in [3.05, 3.63) is 18.0 Å². The van der Waals surface area contributed by atoms with Crippen molar-refractivity contribution in [3.8, 4) is 0 Å². The predicted molar refractivity (Wildman–Crippen MR) is 68.1 cm³/mol. The summed E-state index contributed by atoms with van der Waals surface area (Å²) in [6.45, 7) is 5.89. The van der Waals surface area contributed by atoms with Gasteiger partial charge in [-0.25, -0.2) is 13.1 Å². The number of sulfonamides is 1. The van der Waals surface area contributed by atoms with Gasteiger partial charge in [-0.05, 0) is 32.3 Å². The van der Waals surface area contributed by atoms with Gasteiger partial charge in [-0.3, -0.25) is 5.10 Å². The zero-order valence-electron chi connectivity index (χ0n) is 10.8. The number of aromatic nitrogens is 2. The standard InChI is InChI=1S/C11H21N3O2S/c1-5-9(8-10-6-7-12-13-10)11(2,3)14-17(4,15)16/h6-7,9,14H,5,8H2,1-4H3,(H,12,13). The molecule has 6 heteroatoms. The fourth-order valence-corrected chi connectivity index (χ4v) is 3.26. The van der Waals surface area contributed by atoms with E-state index in [-0.39, 0.29) is 5.92 Å². The van der Waals surface area contributed by atoms with Crippen LogP contribution in [0.2, 0.25) is 0 Å². The number of hydrogen-bond acceptors (Lipinski definition) is 3. The third kappa shape index (κ3) is 4.47. The summed E-state index contributed by atoms with van der Waals surface area (Å²) >= 11 is 0.